The van der Waals surface area contributed by atoms with Crippen molar-refractivity contribution in [3.8, 4) is 0 Å². The van der Waals surface area contributed by atoms with Gasteiger partial charge in [-0.15, -0.1) is 0 Å². The van der Waals surface area contributed by atoms with Crippen molar-refractivity contribution in [1.82, 2.24) is 19.6 Å². The van der Waals surface area contributed by atoms with Crippen molar-refractivity contribution in [1.29, 1.82) is 0 Å². The first kappa shape index (κ1) is 29.7. The molecule has 1 heterocycles. The van der Waals surface area contributed by atoms with Crippen molar-refractivity contribution in [2.24, 2.45) is 0 Å². The first-order chi connectivity index (χ1) is 19.9. The molecule has 0 aromatic heterocycles. The predicted molar refractivity (Wildman–Crippen MR) is 157 cm³/mol. The third-order valence-electron chi connectivity index (χ3n) is 7.07. The molecule has 3 amide bonds. The van der Waals surface area contributed by atoms with E-state index in [0.29, 0.717) is 26.1 Å². The molecule has 3 aromatic carbocycles. The van der Waals surface area contributed by atoms with Crippen molar-refractivity contribution >= 4 is 23.5 Å². The van der Waals surface area contributed by atoms with Gasteiger partial charge in [-0.1, -0.05) is 91.0 Å². The fraction of sp³-hybridized carbons (Fsp3) is 0.333. The van der Waals surface area contributed by atoms with Gasteiger partial charge in [0.25, 0.3) is 0 Å². The van der Waals surface area contributed by atoms with E-state index in [-0.39, 0.29) is 62.8 Å². The van der Waals surface area contributed by atoms with E-state index in [2.05, 4.69) is 4.90 Å². The molecule has 1 aliphatic heterocycles. The number of ketones is 1. The largest absolute Gasteiger partial charge is 0.334 e. The Bertz CT molecular complexity index is 1300. The van der Waals surface area contributed by atoms with Crippen molar-refractivity contribution in [3.63, 3.8) is 0 Å². The van der Waals surface area contributed by atoms with E-state index in [1.165, 1.54) is 16.7 Å². The summed E-state index contributed by atoms with van der Waals surface area (Å²) in [5.41, 5.74) is 2.87. The van der Waals surface area contributed by atoms with Gasteiger partial charge in [-0.2, -0.15) is 0 Å². The van der Waals surface area contributed by atoms with E-state index in [9.17, 15) is 19.2 Å². The van der Waals surface area contributed by atoms with Gasteiger partial charge in [-0.25, -0.2) is 0 Å². The van der Waals surface area contributed by atoms with Crippen molar-refractivity contribution in [3.05, 3.63) is 108 Å². The first-order valence-electron chi connectivity index (χ1n) is 14.0. The van der Waals surface area contributed by atoms with Crippen LogP contribution in [-0.2, 0) is 38.8 Å². The minimum absolute atomic E-state index is 0.00997. The van der Waals surface area contributed by atoms with Crippen LogP contribution in [0.1, 0.15) is 30.0 Å². The van der Waals surface area contributed by atoms with Crippen LogP contribution in [0, 0.1) is 0 Å². The van der Waals surface area contributed by atoms with E-state index in [0.717, 1.165) is 16.7 Å². The summed E-state index contributed by atoms with van der Waals surface area (Å²) >= 11 is 0. The van der Waals surface area contributed by atoms with E-state index < -0.39 is 0 Å². The molecule has 3 aromatic rings. The third kappa shape index (κ3) is 9.39. The Balaban J connectivity index is 1.64. The highest BCUT2D eigenvalue weighted by Gasteiger charge is 2.27. The average Bonchev–Trinajstić information content (AvgIpc) is 2.97. The molecule has 0 radical (unpaired) electrons. The summed E-state index contributed by atoms with van der Waals surface area (Å²) in [5.74, 6) is -0.861. The molecule has 214 valence electrons. The topological polar surface area (TPSA) is 81.2 Å². The maximum Gasteiger partial charge on any atom is 0.242 e. The molecule has 0 unspecified atom stereocenters. The quantitative estimate of drug-likeness (QED) is 0.427. The molecular formula is C33H38N4O4. The molecule has 0 bridgehead atoms. The molecule has 41 heavy (non-hydrogen) atoms. The van der Waals surface area contributed by atoms with Crippen LogP contribution in [0.3, 0.4) is 0 Å². The van der Waals surface area contributed by atoms with Crippen molar-refractivity contribution < 1.29 is 19.2 Å². The van der Waals surface area contributed by atoms with E-state index in [1.807, 2.05) is 91.0 Å². The molecule has 0 N–H and O–H groups in total. The number of Topliss-reactive ketones (excluding diaryl/α,β-unsaturated/α-hetero) is 1. The van der Waals surface area contributed by atoms with Gasteiger partial charge in [0.1, 0.15) is 18.9 Å². The maximum absolute atomic E-state index is 13.8. The summed E-state index contributed by atoms with van der Waals surface area (Å²) < 4.78 is 0. The lowest BCUT2D eigenvalue weighted by atomic mass is 10.2. The summed E-state index contributed by atoms with van der Waals surface area (Å²) in [6.07, 6.45) is 0.588. The Morgan fingerprint density at radius 2 is 0.976 bits per heavy atom. The average molecular weight is 555 g/mol. The number of benzene rings is 3. The van der Waals surface area contributed by atoms with Crippen LogP contribution < -0.4 is 0 Å². The van der Waals surface area contributed by atoms with Crippen LogP contribution in [-0.4, -0.2) is 82.4 Å². The zero-order valence-corrected chi connectivity index (χ0v) is 23.7. The number of hydrogen-bond donors (Lipinski definition) is 0. The summed E-state index contributed by atoms with van der Waals surface area (Å²) in [6.45, 7) is 3.26. The van der Waals surface area contributed by atoms with E-state index in [1.54, 1.807) is 4.90 Å². The number of hydrogen-bond acceptors (Lipinski definition) is 5. The first-order valence-corrected chi connectivity index (χ1v) is 14.0. The lowest BCUT2D eigenvalue weighted by Gasteiger charge is -2.30. The Kier molecular flexibility index (Phi) is 10.8. The van der Waals surface area contributed by atoms with Crippen LogP contribution in [0.4, 0.5) is 0 Å². The summed E-state index contributed by atoms with van der Waals surface area (Å²) in [7, 11) is 0. The van der Waals surface area contributed by atoms with E-state index >= 15 is 0 Å². The van der Waals surface area contributed by atoms with Gasteiger partial charge >= 0.3 is 0 Å². The molecule has 8 nitrogen and oxygen atoms in total. The highest BCUT2D eigenvalue weighted by Crippen LogP contribution is 2.13. The van der Waals surface area contributed by atoms with Gasteiger partial charge in [0.2, 0.25) is 17.7 Å². The fourth-order valence-corrected chi connectivity index (χ4v) is 4.99. The fourth-order valence-electron chi connectivity index (χ4n) is 4.99. The Labute approximate surface area is 242 Å². The van der Waals surface area contributed by atoms with Gasteiger partial charge < -0.3 is 14.7 Å². The lowest BCUT2D eigenvalue weighted by Crippen LogP contribution is -2.48. The minimum atomic E-state index is -0.317. The number of carbonyl (C=O) groups excluding carboxylic acids is 4. The highest BCUT2D eigenvalue weighted by atomic mass is 16.2. The predicted octanol–water partition coefficient (Wildman–Crippen LogP) is 3.37. The molecule has 4 rings (SSSR count). The molecule has 0 spiro atoms. The molecule has 1 aliphatic rings. The summed E-state index contributed by atoms with van der Waals surface area (Å²) in [4.78, 5) is 59.8. The van der Waals surface area contributed by atoms with Crippen molar-refractivity contribution in [2.45, 2.75) is 33.0 Å². The molecule has 8 heteroatoms. The van der Waals surface area contributed by atoms with Gasteiger partial charge in [-0.05, 0) is 30.0 Å². The Morgan fingerprint density at radius 1 is 0.561 bits per heavy atom. The molecule has 0 aliphatic carbocycles. The maximum atomic E-state index is 13.8. The molecule has 0 saturated carbocycles. The smallest absolute Gasteiger partial charge is 0.242 e. The van der Waals surface area contributed by atoms with Crippen LogP contribution in [0.2, 0.25) is 0 Å². The normalized spacial score (nSPS) is 16.2. The van der Waals surface area contributed by atoms with Crippen LogP contribution in [0.5, 0.6) is 0 Å². The third-order valence-corrected chi connectivity index (χ3v) is 7.07. The number of carbonyl (C=O) groups is 4. The lowest BCUT2D eigenvalue weighted by molar-refractivity contribution is -0.145. The standard InChI is InChI=1S/C33H38N4O4/c1-27(38)20-35-19-11-18-34(21-28-12-5-2-6-13-28)24-31(39)36(22-29-14-7-3-8-15-29)26-33(41)37(25-32(35)40)23-30-16-9-4-10-17-30/h2-10,12-17H,11,18-26H2,1H3. The highest BCUT2D eigenvalue weighted by molar-refractivity contribution is 5.90. The second-order valence-corrected chi connectivity index (χ2v) is 10.5. The van der Waals surface area contributed by atoms with Crippen LogP contribution in [0.15, 0.2) is 91.0 Å². The summed E-state index contributed by atoms with van der Waals surface area (Å²) in [6, 6.07) is 29.0. The number of amides is 3. The molecule has 0 atom stereocenters. The summed E-state index contributed by atoms with van der Waals surface area (Å²) in [5, 5.41) is 0. The Morgan fingerprint density at radius 3 is 1.44 bits per heavy atom. The molecule has 1 fully saturated rings. The monoisotopic (exact) mass is 554 g/mol. The van der Waals surface area contributed by atoms with E-state index in [4.69, 9.17) is 0 Å². The van der Waals surface area contributed by atoms with Gasteiger partial charge in [0, 0.05) is 32.7 Å². The van der Waals surface area contributed by atoms with Gasteiger partial charge in [0.05, 0.1) is 13.1 Å². The SMILES string of the molecule is CC(=O)CN1CCCN(Cc2ccccc2)CC(=O)N(Cc2ccccc2)CC(=O)N(Cc2ccccc2)CC1=O. The number of nitrogens with zero attached hydrogens (tertiary/aromatic N) is 4. The zero-order chi connectivity index (χ0) is 29.0. The van der Waals surface area contributed by atoms with Gasteiger partial charge in [-0.3, -0.25) is 24.1 Å². The van der Waals surface area contributed by atoms with Crippen LogP contribution in [0.25, 0.3) is 0 Å². The second-order valence-electron chi connectivity index (χ2n) is 10.5. The van der Waals surface area contributed by atoms with Crippen LogP contribution >= 0.6 is 0 Å². The Hall–Kier alpha value is -4.30. The zero-order valence-electron chi connectivity index (χ0n) is 23.7. The van der Waals surface area contributed by atoms with Crippen molar-refractivity contribution in [2.75, 3.05) is 39.3 Å². The second kappa shape index (κ2) is 14.9. The van der Waals surface area contributed by atoms with Gasteiger partial charge in [0.15, 0.2) is 0 Å². The minimum Gasteiger partial charge on any atom is -0.334 e. The number of rotatable bonds is 8. The molecule has 1 saturated heterocycles. The molecular weight excluding hydrogens is 516 g/mol.